The van der Waals surface area contributed by atoms with Crippen molar-refractivity contribution in [2.24, 2.45) is 0 Å². The van der Waals surface area contributed by atoms with Gasteiger partial charge in [0.05, 0.1) is 0 Å². The van der Waals surface area contributed by atoms with Gasteiger partial charge in [-0.2, -0.15) is 0 Å². The molecule has 0 fully saturated rings. The molecule has 2 rings (SSSR count). The van der Waals surface area contributed by atoms with Gasteiger partial charge in [0.2, 0.25) is 0 Å². The molecule has 0 amide bonds. The van der Waals surface area contributed by atoms with Crippen molar-refractivity contribution in [1.29, 1.82) is 0 Å². The molecule has 0 aliphatic heterocycles. The monoisotopic (exact) mass is 188 g/mol. The van der Waals surface area contributed by atoms with Gasteiger partial charge in [0, 0.05) is 0 Å². The van der Waals surface area contributed by atoms with Crippen molar-refractivity contribution in [1.82, 2.24) is 0 Å². The van der Waals surface area contributed by atoms with Crippen molar-refractivity contribution >= 4 is 0 Å². The first-order valence-electron chi connectivity index (χ1n) is 5.43. The van der Waals surface area contributed by atoms with Gasteiger partial charge >= 0.3 is 0 Å². The van der Waals surface area contributed by atoms with Crippen LogP contribution in [0.4, 0.5) is 0 Å². The first-order valence-corrected chi connectivity index (χ1v) is 5.43. The summed E-state index contributed by atoms with van der Waals surface area (Å²) in [6.07, 6.45) is 18.0. The van der Waals surface area contributed by atoms with Crippen LogP contribution >= 0.6 is 0 Å². The highest BCUT2D eigenvalue weighted by molar-refractivity contribution is 5.15. The third-order valence-corrected chi connectivity index (χ3v) is 2.44. The summed E-state index contributed by atoms with van der Waals surface area (Å²) in [7, 11) is 0. The molecule has 0 N–H and O–H groups in total. The fourth-order valence-electron chi connectivity index (χ4n) is 1.45. The van der Waals surface area contributed by atoms with Gasteiger partial charge in [-0.25, -0.2) is 0 Å². The van der Waals surface area contributed by atoms with E-state index in [2.05, 4.69) is 50.3 Å². The SMILES string of the molecule is CC1=CC=CCC1.CC1=CC=CCC1. The fourth-order valence-corrected chi connectivity index (χ4v) is 1.45. The van der Waals surface area contributed by atoms with Gasteiger partial charge in [-0.1, -0.05) is 47.6 Å². The molecule has 0 heterocycles. The lowest BCUT2D eigenvalue weighted by Crippen LogP contribution is -1.78. The normalized spacial score (nSPS) is 19.3. The van der Waals surface area contributed by atoms with Crippen LogP contribution in [0.15, 0.2) is 47.6 Å². The molecular weight excluding hydrogens is 168 g/mol. The van der Waals surface area contributed by atoms with Crippen LogP contribution in [-0.2, 0) is 0 Å². The lowest BCUT2D eigenvalue weighted by molar-refractivity contribution is 0.962. The van der Waals surface area contributed by atoms with Crippen molar-refractivity contribution in [3.8, 4) is 0 Å². The maximum Gasteiger partial charge on any atom is -0.0285 e. The van der Waals surface area contributed by atoms with E-state index < -0.39 is 0 Å². The Morgan fingerprint density at radius 2 is 1.21 bits per heavy atom. The van der Waals surface area contributed by atoms with Crippen LogP contribution < -0.4 is 0 Å². The van der Waals surface area contributed by atoms with Crippen LogP contribution in [-0.4, -0.2) is 0 Å². The second kappa shape index (κ2) is 6.42. The Bertz CT molecular complexity index is 244. The van der Waals surface area contributed by atoms with E-state index in [4.69, 9.17) is 0 Å². The Morgan fingerprint density at radius 1 is 0.786 bits per heavy atom. The highest BCUT2D eigenvalue weighted by Crippen LogP contribution is 2.09. The van der Waals surface area contributed by atoms with Crippen LogP contribution in [0.5, 0.6) is 0 Å². The third kappa shape index (κ3) is 4.86. The maximum atomic E-state index is 2.20. The summed E-state index contributed by atoms with van der Waals surface area (Å²) in [4.78, 5) is 0. The van der Waals surface area contributed by atoms with Gasteiger partial charge in [-0.15, -0.1) is 0 Å². The van der Waals surface area contributed by atoms with E-state index in [1.807, 2.05) is 0 Å². The van der Waals surface area contributed by atoms with Crippen LogP contribution in [0.25, 0.3) is 0 Å². The summed E-state index contributed by atoms with van der Waals surface area (Å²) < 4.78 is 0. The molecule has 0 atom stereocenters. The smallest absolute Gasteiger partial charge is 0.0285 e. The van der Waals surface area contributed by atoms with Crippen molar-refractivity contribution in [2.45, 2.75) is 39.5 Å². The Labute approximate surface area is 87.7 Å². The van der Waals surface area contributed by atoms with Gasteiger partial charge in [0.25, 0.3) is 0 Å². The first kappa shape index (κ1) is 11.0. The van der Waals surface area contributed by atoms with Gasteiger partial charge in [-0.05, 0) is 39.5 Å². The number of hydrogen-bond donors (Lipinski definition) is 0. The summed E-state index contributed by atoms with van der Waals surface area (Å²) in [6.45, 7) is 4.34. The predicted molar refractivity (Wildman–Crippen MR) is 64.3 cm³/mol. The topological polar surface area (TPSA) is 0 Å². The van der Waals surface area contributed by atoms with E-state index >= 15 is 0 Å². The molecule has 2 aliphatic rings. The van der Waals surface area contributed by atoms with Crippen molar-refractivity contribution in [2.75, 3.05) is 0 Å². The first-order chi connectivity index (χ1) is 6.79. The van der Waals surface area contributed by atoms with Gasteiger partial charge < -0.3 is 0 Å². The zero-order valence-corrected chi connectivity index (χ0v) is 9.29. The molecule has 0 aromatic heterocycles. The predicted octanol–water partition coefficient (Wildman–Crippen LogP) is 4.57. The molecule has 0 nitrogen and oxygen atoms in total. The maximum absolute atomic E-state index is 2.20. The molecule has 0 saturated carbocycles. The molecule has 0 aromatic carbocycles. The zero-order valence-electron chi connectivity index (χ0n) is 9.29. The van der Waals surface area contributed by atoms with Crippen LogP contribution in [0.2, 0.25) is 0 Å². The molecule has 76 valence electrons. The minimum atomic E-state index is 1.24. The van der Waals surface area contributed by atoms with Crippen molar-refractivity contribution in [3.63, 3.8) is 0 Å². The van der Waals surface area contributed by atoms with Crippen LogP contribution in [0.3, 0.4) is 0 Å². The molecule has 0 bridgehead atoms. The van der Waals surface area contributed by atoms with Gasteiger partial charge in [-0.3, -0.25) is 0 Å². The molecule has 0 unspecified atom stereocenters. The van der Waals surface area contributed by atoms with Gasteiger partial charge in [0.15, 0.2) is 0 Å². The third-order valence-electron chi connectivity index (χ3n) is 2.44. The number of allylic oxidation sites excluding steroid dienone is 8. The Hall–Kier alpha value is -1.04. The number of rotatable bonds is 0. The highest BCUT2D eigenvalue weighted by atomic mass is 14.0. The van der Waals surface area contributed by atoms with E-state index in [0.29, 0.717) is 0 Å². The minimum Gasteiger partial charge on any atom is -0.0842 e. The quantitative estimate of drug-likeness (QED) is 0.522. The highest BCUT2D eigenvalue weighted by Gasteiger charge is 1.89. The molecule has 0 saturated heterocycles. The molecule has 2 aliphatic carbocycles. The molecule has 14 heavy (non-hydrogen) atoms. The minimum absolute atomic E-state index is 1.24. The van der Waals surface area contributed by atoms with E-state index in [0.717, 1.165) is 0 Å². The standard InChI is InChI=1S/2C7H10/c2*1-7-5-3-2-4-6-7/h2*2-3,5H,4,6H2,1H3. The van der Waals surface area contributed by atoms with Crippen molar-refractivity contribution < 1.29 is 0 Å². The van der Waals surface area contributed by atoms with E-state index in [1.54, 1.807) is 0 Å². The summed E-state index contributed by atoms with van der Waals surface area (Å²) in [5, 5.41) is 0. The second-order valence-electron chi connectivity index (χ2n) is 3.96. The molecule has 0 radical (unpaired) electrons. The van der Waals surface area contributed by atoms with E-state index in [1.165, 1.54) is 36.8 Å². The van der Waals surface area contributed by atoms with Crippen molar-refractivity contribution in [3.05, 3.63) is 47.6 Å². The summed E-state index contributed by atoms with van der Waals surface area (Å²) in [5.74, 6) is 0. The molecular formula is C14H20. The van der Waals surface area contributed by atoms with E-state index in [-0.39, 0.29) is 0 Å². The summed E-state index contributed by atoms with van der Waals surface area (Å²) >= 11 is 0. The average Bonchev–Trinajstić information content (AvgIpc) is 2.21. The summed E-state index contributed by atoms with van der Waals surface area (Å²) in [5.41, 5.74) is 3.00. The van der Waals surface area contributed by atoms with Crippen LogP contribution in [0.1, 0.15) is 39.5 Å². The molecule has 0 spiro atoms. The Balaban J connectivity index is 0.000000140. The lowest BCUT2D eigenvalue weighted by atomic mass is 10.1. The van der Waals surface area contributed by atoms with E-state index in [9.17, 15) is 0 Å². The summed E-state index contributed by atoms with van der Waals surface area (Å²) in [6, 6.07) is 0. The zero-order chi connectivity index (χ0) is 10.2. The molecule has 0 aromatic rings. The fraction of sp³-hybridized carbons (Fsp3) is 0.429. The van der Waals surface area contributed by atoms with Crippen LogP contribution in [0, 0.1) is 0 Å². The van der Waals surface area contributed by atoms with Gasteiger partial charge in [0.1, 0.15) is 0 Å². The average molecular weight is 188 g/mol. The lowest BCUT2D eigenvalue weighted by Gasteiger charge is -1.98. The Kier molecular flexibility index (Phi) is 5.06. The Morgan fingerprint density at radius 3 is 1.36 bits per heavy atom. The number of hydrogen-bond acceptors (Lipinski definition) is 0. The molecule has 0 heteroatoms. The second-order valence-corrected chi connectivity index (χ2v) is 3.96. The largest absolute Gasteiger partial charge is 0.0842 e.